The number of guanidine groups is 1. The molecule has 0 radical (unpaired) electrons. The van der Waals surface area contributed by atoms with E-state index in [1.807, 2.05) is 53.4 Å². The molecule has 6 nitrogen and oxygen atoms in total. The molecule has 2 heterocycles. The number of nitrogens with zero attached hydrogens (tertiary/aromatic N) is 2. The molecular weight excluding hydrogens is 433 g/mol. The highest BCUT2D eigenvalue weighted by Gasteiger charge is 2.35. The average molecular weight is 460 g/mol. The molecule has 7 heteroatoms. The molecule has 2 aliphatic rings. The number of benzene rings is 3. The largest absolute Gasteiger partial charge is 0.462 e. The van der Waals surface area contributed by atoms with E-state index < -0.39 is 5.92 Å². The topological polar surface area (TPSA) is 77.1 Å². The number of ether oxygens (including phenoxy) is 2. The molecule has 0 amide bonds. The summed E-state index contributed by atoms with van der Waals surface area (Å²) in [6.45, 7) is 1.42. The van der Waals surface area contributed by atoms with Crippen molar-refractivity contribution in [2.24, 2.45) is 10.7 Å². The summed E-state index contributed by atoms with van der Waals surface area (Å²) in [5, 5.41) is 0. The first kappa shape index (κ1) is 21.9. The Bertz CT molecular complexity index is 1180. The molecule has 3 aromatic rings. The Hall–Kier alpha value is -3.87. The van der Waals surface area contributed by atoms with Gasteiger partial charge in [-0.3, -0.25) is 4.79 Å². The van der Waals surface area contributed by atoms with Crippen LogP contribution in [0.4, 0.5) is 4.39 Å². The number of nitrogens with two attached hydrogens (primary N) is 1. The Balaban J connectivity index is 1.22. The Morgan fingerprint density at radius 2 is 1.56 bits per heavy atom. The van der Waals surface area contributed by atoms with Gasteiger partial charge in [0.15, 0.2) is 5.96 Å². The van der Waals surface area contributed by atoms with Gasteiger partial charge in [-0.05, 0) is 18.2 Å². The van der Waals surface area contributed by atoms with Crippen LogP contribution >= 0.6 is 0 Å². The third-order valence-corrected chi connectivity index (χ3v) is 6.33. The van der Waals surface area contributed by atoms with Crippen LogP contribution in [0.5, 0.6) is 11.5 Å². The first-order valence-electron chi connectivity index (χ1n) is 11.4. The molecule has 2 N–H and O–H groups in total. The zero-order valence-corrected chi connectivity index (χ0v) is 18.7. The maximum absolute atomic E-state index is 13.8. The Morgan fingerprint density at radius 3 is 2.21 bits per heavy atom. The summed E-state index contributed by atoms with van der Waals surface area (Å²) in [6.07, 6.45) is 1.09. The summed E-state index contributed by atoms with van der Waals surface area (Å²) in [4.78, 5) is 19.6. The highest BCUT2D eigenvalue weighted by Crippen LogP contribution is 2.44. The van der Waals surface area contributed by atoms with Gasteiger partial charge in [-0.2, -0.15) is 0 Å². The SMILES string of the molecule is NC(=NCc1ccccc1F)N1CCC(OC(=O)C2c3ccccc3Oc3ccccc32)CC1. The maximum atomic E-state index is 13.8. The highest BCUT2D eigenvalue weighted by atomic mass is 19.1. The smallest absolute Gasteiger partial charge is 0.318 e. The monoisotopic (exact) mass is 459 g/mol. The van der Waals surface area contributed by atoms with Crippen LogP contribution in [0, 0.1) is 5.82 Å². The van der Waals surface area contributed by atoms with Crippen molar-refractivity contribution in [3.63, 3.8) is 0 Å². The van der Waals surface area contributed by atoms with E-state index in [1.54, 1.807) is 18.2 Å². The van der Waals surface area contributed by atoms with Gasteiger partial charge in [0.2, 0.25) is 0 Å². The number of hydrogen-bond donors (Lipinski definition) is 1. The van der Waals surface area contributed by atoms with Gasteiger partial charge < -0.3 is 20.1 Å². The molecule has 0 saturated carbocycles. The molecule has 0 unspecified atom stereocenters. The van der Waals surface area contributed by atoms with Crippen molar-refractivity contribution in [2.45, 2.75) is 31.4 Å². The number of carbonyl (C=O) groups is 1. The van der Waals surface area contributed by atoms with E-state index in [2.05, 4.69) is 4.99 Å². The number of likely N-dealkylation sites (tertiary alicyclic amines) is 1. The van der Waals surface area contributed by atoms with Crippen molar-refractivity contribution in [1.82, 2.24) is 4.90 Å². The highest BCUT2D eigenvalue weighted by molar-refractivity contribution is 5.85. The Morgan fingerprint density at radius 1 is 0.971 bits per heavy atom. The number of hydrogen-bond acceptors (Lipinski definition) is 4. The fourth-order valence-electron chi connectivity index (χ4n) is 4.49. The van der Waals surface area contributed by atoms with Gasteiger partial charge in [0.05, 0.1) is 6.54 Å². The minimum atomic E-state index is -0.522. The van der Waals surface area contributed by atoms with Crippen LogP contribution in [-0.2, 0) is 16.1 Å². The molecule has 2 aliphatic heterocycles. The number of aliphatic imine (C=N–C) groups is 1. The van der Waals surface area contributed by atoms with E-state index in [1.165, 1.54) is 6.07 Å². The Kier molecular flexibility index (Phi) is 6.16. The normalized spacial score (nSPS) is 16.4. The van der Waals surface area contributed by atoms with Crippen molar-refractivity contribution in [1.29, 1.82) is 0 Å². The number of para-hydroxylation sites is 2. The summed E-state index contributed by atoms with van der Waals surface area (Å²) in [7, 11) is 0. The van der Waals surface area contributed by atoms with E-state index in [-0.39, 0.29) is 24.4 Å². The molecule has 1 fully saturated rings. The number of piperidine rings is 1. The van der Waals surface area contributed by atoms with Gasteiger partial charge in [0.25, 0.3) is 0 Å². The van der Waals surface area contributed by atoms with Gasteiger partial charge in [-0.15, -0.1) is 0 Å². The fraction of sp³-hybridized carbons (Fsp3) is 0.259. The molecule has 0 aromatic heterocycles. The van der Waals surface area contributed by atoms with Crippen LogP contribution in [0.2, 0.25) is 0 Å². The molecule has 0 bridgehead atoms. The number of fused-ring (bicyclic) bond motifs is 2. The molecule has 174 valence electrons. The maximum Gasteiger partial charge on any atom is 0.318 e. The van der Waals surface area contributed by atoms with Gasteiger partial charge in [-0.1, -0.05) is 54.6 Å². The molecule has 0 spiro atoms. The number of esters is 1. The molecule has 3 aromatic carbocycles. The quantitative estimate of drug-likeness (QED) is 0.351. The summed E-state index contributed by atoms with van der Waals surface area (Å²) < 4.78 is 25.8. The van der Waals surface area contributed by atoms with E-state index in [0.29, 0.717) is 49.0 Å². The van der Waals surface area contributed by atoms with Gasteiger partial charge in [0, 0.05) is 42.6 Å². The number of rotatable bonds is 4. The minimum Gasteiger partial charge on any atom is -0.462 e. The lowest BCUT2D eigenvalue weighted by molar-refractivity contribution is -0.151. The van der Waals surface area contributed by atoms with Crippen LogP contribution in [0.15, 0.2) is 77.8 Å². The molecule has 1 saturated heterocycles. The molecule has 0 aliphatic carbocycles. The second-order valence-corrected chi connectivity index (χ2v) is 8.50. The minimum absolute atomic E-state index is 0.190. The average Bonchev–Trinajstić information content (AvgIpc) is 2.87. The van der Waals surface area contributed by atoms with Crippen molar-refractivity contribution >= 4 is 11.9 Å². The second kappa shape index (κ2) is 9.55. The van der Waals surface area contributed by atoms with E-state index >= 15 is 0 Å². The first-order chi connectivity index (χ1) is 16.6. The van der Waals surface area contributed by atoms with Crippen molar-refractivity contribution in [2.75, 3.05) is 13.1 Å². The van der Waals surface area contributed by atoms with Crippen molar-refractivity contribution < 1.29 is 18.7 Å². The van der Waals surface area contributed by atoms with E-state index in [0.717, 1.165) is 11.1 Å². The lowest BCUT2D eigenvalue weighted by Crippen LogP contribution is -2.45. The zero-order chi connectivity index (χ0) is 23.5. The first-order valence-corrected chi connectivity index (χ1v) is 11.4. The number of carbonyl (C=O) groups excluding carboxylic acids is 1. The summed E-state index contributed by atoms with van der Waals surface area (Å²) in [5.41, 5.74) is 8.28. The molecular formula is C27H26FN3O3. The predicted octanol–water partition coefficient (Wildman–Crippen LogP) is 4.59. The predicted molar refractivity (Wildman–Crippen MR) is 127 cm³/mol. The van der Waals surface area contributed by atoms with Crippen LogP contribution in [-0.4, -0.2) is 36.0 Å². The third-order valence-electron chi connectivity index (χ3n) is 6.33. The van der Waals surface area contributed by atoms with Gasteiger partial charge >= 0.3 is 5.97 Å². The number of halogens is 1. The van der Waals surface area contributed by atoms with Gasteiger partial charge in [0.1, 0.15) is 29.3 Å². The van der Waals surface area contributed by atoms with E-state index in [9.17, 15) is 9.18 Å². The Labute approximate surface area is 197 Å². The summed E-state index contributed by atoms with van der Waals surface area (Å²) >= 11 is 0. The third kappa shape index (κ3) is 4.46. The lowest BCUT2D eigenvalue weighted by atomic mass is 9.88. The second-order valence-electron chi connectivity index (χ2n) is 8.50. The zero-order valence-electron chi connectivity index (χ0n) is 18.7. The van der Waals surface area contributed by atoms with Gasteiger partial charge in [-0.25, -0.2) is 9.38 Å². The van der Waals surface area contributed by atoms with Crippen molar-refractivity contribution in [3.8, 4) is 11.5 Å². The molecule has 0 atom stereocenters. The molecule has 5 rings (SSSR count). The van der Waals surface area contributed by atoms with Crippen LogP contribution in [0.1, 0.15) is 35.4 Å². The lowest BCUT2D eigenvalue weighted by Gasteiger charge is -2.34. The van der Waals surface area contributed by atoms with E-state index in [4.69, 9.17) is 15.2 Å². The van der Waals surface area contributed by atoms with Crippen molar-refractivity contribution in [3.05, 3.63) is 95.3 Å². The van der Waals surface area contributed by atoms with Crippen LogP contribution in [0.25, 0.3) is 0 Å². The van der Waals surface area contributed by atoms with Crippen LogP contribution < -0.4 is 10.5 Å². The standard InChI is InChI=1S/C27H26FN3O3/c28-22-10-4-1-7-18(22)17-30-27(29)31-15-13-19(14-16-31)33-26(32)25-20-8-2-5-11-23(20)34-24-12-6-3-9-21(24)25/h1-12,19,25H,13-17H2,(H2,29,30). The summed E-state index contributed by atoms with van der Waals surface area (Å²) in [5.74, 6) is 0.643. The molecule has 34 heavy (non-hydrogen) atoms. The fourth-order valence-corrected chi connectivity index (χ4v) is 4.49. The summed E-state index contributed by atoms with van der Waals surface area (Å²) in [6, 6.07) is 21.7. The van der Waals surface area contributed by atoms with Crippen LogP contribution in [0.3, 0.4) is 0 Å².